The number of aromatic nitrogens is 6. The lowest BCUT2D eigenvalue weighted by Gasteiger charge is -2.34. The number of likely N-dealkylation sites (tertiary alicyclic amines) is 1. The zero-order chi connectivity index (χ0) is 58.8. The SMILES string of the molecule is CC(NC=O)c1ccc(-c2c(F)cc(F)cc2F)cc1.CCc1c(F)ccc2cc(O)cc(-c3ncc4c(N5CC6CCC(C5)N6)nc(OC5CCOCC5)nc4c3OCc3ccc(-c4cn(C(C(=O)N5CCCC5C)C(C)C)nn4)cc3)c12. The number of hydrogen-bond acceptors (Lipinski definition) is 13. The van der Waals surface area contributed by atoms with Gasteiger partial charge in [-0.1, -0.05) is 80.6 Å². The van der Waals surface area contributed by atoms with Gasteiger partial charge in [-0.15, -0.1) is 5.10 Å². The maximum Gasteiger partial charge on any atom is 0.319 e. The van der Waals surface area contributed by atoms with Crippen molar-refractivity contribution in [3.8, 4) is 51.2 Å². The van der Waals surface area contributed by atoms with Gasteiger partial charge < -0.3 is 39.8 Å². The highest BCUT2D eigenvalue weighted by Crippen LogP contribution is 2.44. The zero-order valence-electron chi connectivity index (χ0n) is 47.6. The highest BCUT2D eigenvalue weighted by molar-refractivity contribution is 6.04. The number of fused-ring (bicyclic) bond motifs is 4. The number of aryl methyl sites for hydroxylation is 1. The summed E-state index contributed by atoms with van der Waals surface area (Å²) in [5, 5.41) is 28.4. The van der Waals surface area contributed by atoms with E-state index in [-0.39, 0.29) is 59.8 Å². The summed E-state index contributed by atoms with van der Waals surface area (Å²) in [6.07, 6.45) is 10.2. The quantitative estimate of drug-likeness (QED) is 0.0614. The number of carbonyl (C=O) groups excluding carboxylic acids is 2. The summed E-state index contributed by atoms with van der Waals surface area (Å²) in [6, 6.07) is 22.4. The van der Waals surface area contributed by atoms with Crippen molar-refractivity contribution in [2.75, 3.05) is 37.7 Å². The van der Waals surface area contributed by atoms with Gasteiger partial charge in [-0.05, 0) is 103 Å². The number of ether oxygens (including phenoxy) is 3. The summed E-state index contributed by atoms with van der Waals surface area (Å²) in [6.45, 7) is 13.6. The Morgan fingerprint density at radius 2 is 1.60 bits per heavy atom. The number of aromatic hydroxyl groups is 1. The number of rotatable bonds is 16. The molecule has 2 bridgehead atoms. The van der Waals surface area contributed by atoms with Crippen molar-refractivity contribution in [1.82, 2.24) is 45.5 Å². The van der Waals surface area contributed by atoms with Gasteiger partial charge in [0.05, 0.1) is 36.4 Å². The van der Waals surface area contributed by atoms with E-state index < -0.39 is 23.5 Å². The van der Waals surface area contributed by atoms with Gasteiger partial charge in [0.15, 0.2) is 5.75 Å². The molecule has 4 aliphatic rings. The van der Waals surface area contributed by atoms with Crippen molar-refractivity contribution in [3.63, 3.8) is 0 Å². The molecular weight excluding hydrogens is 1080 g/mol. The molecule has 20 heteroatoms. The van der Waals surface area contributed by atoms with Crippen LogP contribution in [0.25, 0.3) is 55.3 Å². The average Bonchev–Trinajstić information content (AvgIpc) is 3.96. The molecule has 4 aliphatic heterocycles. The van der Waals surface area contributed by atoms with Crippen molar-refractivity contribution in [1.29, 1.82) is 0 Å². The number of phenols is 1. The molecule has 84 heavy (non-hydrogen) atoms. The second-order valence-corrected chi connectivity index (χ2v) is 22.6. The molecule has 4 saturated heterocycles. The molecule has 12 rings (SSSR count). The highest BCUT2D eigenvalue weighted by Gasteiger charge is 2.36. The van der Waals surface area contributed by atoms with Crippen LogP contribution in [0.2, 0.25) is 0 Å². The van der Waals surface area contributed by atoms with Crippen LogP contribution < -0.4 is 25.0 Å². The molecule has 0 aliphatic carbocycles. The number of phenolic OH excluding ortho intramolecular Hbond substituents is 1. The Kier molecular flexibility index (Phi) is 17.1. The molecule has 0 saturated carbocycles. The number of carbonyl (C=O) groups is 2. The van der Waals surface area contributed by atoms with Crippen molar-refractivity contribution in [2.45, 2.75) is 122 Å². The van der Waals surface area contributed by atoms with Gasteiger partial charge in [0.1, 0.15) is 70.5 Å². The average molecular weight is 1150 g/mol. The standard InChI is InChI=1S/C49H56FN9O5.C15H12F3NO/c1-5-37-40(50)15-12-32-21-35(60)22-38(42(32)37)43-46(44-39(23-51-43)47(57-24-33-13-14-34(25-57)52-33)54-49(53-44)64-36-16-19-62-20-17-36)63-27-30-8-10-31(11-9-30)41-26-59(56-55-41)45(28(2)3)48(61)58-18-6-7-29(58)4;1-9(19-8-20)10-2-4-11(5-3-10)15-13(17)6-12(16)7-14(15)18/h8-12,15,21-23,26,28-29,33-34,36,45,52,60H,5-7,13-14,16-20,24-25,27H2,1-4H3;2-9H,1H3,(H,19,20). The minimum absolute atomic E-state index is 0.0226. The largest absolute Gasteiger partial charge is 0.508 e. The lowest BCUT2D eigenvalue weighted by atomic mass is 9.94. The molecule has 5 atom stereocenters. The Morgan fingerprint density at radius 1 is 0.881 bits per heavy atom. The predicted molar refractivity (Wildman–Crippen MR) is 311 cm³/mol. The number of amides is 2. The highest BCUT2D eigenvalue weighted by atomic mass is 19.1. The van der Waals surface area contributed by atoms with Crippen molar-refractivity contribution in [3.05, 3.63) is 137 Å². The van der Waals surface area contributed by atoms with Crippen molar-refractivity contribution < 1.29 is 46.5 Å². The molecule has 3 aromatic heterocycles. The van der Waals surface area contributed by atoms with E-state index in [1.807, 2.05) is 56.1 Å². The van der Waals surface area contributed by atoms with Crippen molar-refractivity contribution in [2.24, 2.45) is 5.92 Å². The van der Waals surface area contributed by atoms with E-state index in [1.54, 1.807) is 48.1 Å². The summed E-state index contributed by atoms with van der Waals surface area (Å²) in [4.78, 5) is 43.6. The van der Waals surface area contributed by atoms with Gasteiger partial charge in [-0.3, -0.25) is 14.6 Å². The number of halogens is 4. The third-order valence-corrected chi connectivity index (χ3v) is 16.5. The number of nitrogens with one attached hydrogen (secondary N) is 2. The number of benzene rings is 5. The van der Waals surface area contributed by atoms with Crippen LogP contribution >= 0.6 is 0 Å². The third-order valence-electron chi connectivity index (χ3n) is 16.5. The summed E-state index contributed by atoms with van der Waals surface area (Å²) < 4.78 is 76.5. The summed E-state index contributed by atoms with van der Waals surface area (Å²) in [5.41, 5.74) is 5.20. The molecule has 7 heterocycles. The molecule has 0 radical (unpaired) electrons. The Hall–Kier alpha value is -8.23. The van der Waals surface area contributed by atoms with E-state index in [4.69, 9.17) is 29.2 Å². The van der Waals surface area contributed by atoms with E-state index in [0.717, 1.165) is 80.7 Å². The fourth-order valence-electron chi connectivity index (χ4n) is 12.2. The fourth-order valence-corrected chi connectivity index (χ4v) is 12.2. The van der Waals surface area contributed by atoms with E-state index >= 15 is 4.39 Å². The van der Waals surface area contributed by atoms with E-state index in [1.165, 1.54) is 18.2 Å². The Bertz CT molecular complexity index is 3660. The Labute approximate surface area is 484 Å². The summed E-state index contributed by atoms with van der Waals surface area (Å²) in [5.74, 6) is -1.95. The van der Waals surface area contributed by atoms with Gasteiger partial charge in [0.2, 0.25) is 12.3 Å². The van der Waals surface area contributed by atoms with Crippen molar-refractivity contribution >= 4 is 39.8 Å². The number of hydrogen-bond donors (Lipinski definition) is 3. The first-order chi connectivity index (χ1) is 40.6. The molecule has 5 unspecified atom stereocenters. The van der Waals surface area contributed by atoms with Crippen LogP contribution in [-0.2, 0) is 27.4 Å². The minimum Gasteiger partial charge on any atom is -0.508 e. The topological polar surface area (TPSA) is 182 Å². The smallest absolute Gasteiger partial charge is 0.319 e. The normalized spacial score (nSPS) is 18.7. The fraction of sp³-hybridized carbons (Fsp3) is 0.391. The first-order valence-electron chi connectivity index (χ1n) is 28.9. The van der Waals surface area contributed by atoms with E-state index in [9.17, 15) is 27.9 Å². The van der Waals surface area contributed by atoms with Gasteiger partial charge in [-0.2, -0.15) is 9.97 Å². The van der Waals surface area contributed by atoms with E-state index in [2.05, 4.69) is 32.8 Å². The van der Waals surface area contributed by atoms with Crippen LogP contribution in [-0.4, -0.2) is 109 Å². The molecular formula is C64H68F4N10O6. The van der Waals surface area contributed by atoms with Crippen LogP contribution in [0.15, 0.2) is 97.3 Å². The molecule has 16 nitrogen and oxygen atoms in total. The van der Waals surface area contributed by atoms with Gasteiger partial charge in [0, 0.05) is 80.1 Å². The van der Waals surface area contributed by atoms with Crippen LogP contribution in [0, 0.1) is 29.2 Å². The lowest BCUT2D eigenvalue weighted by molar-refractivity contribution is -0.137. The zero-order valence-corrected chi connectivity index (χ0v) is 47.6. The molecule has 2 amide bonds. The predicted octanol–water partition coefficient (Wildman–Crippen LogP) is 11.4. The first-order valence-corrected chi connectivity index (χ1v) is 28.9. The molecule has 0 spiro atoms. The van der Waals surface area contributed by atoms with Crippen LogP contribution in [0.3, 0.4) is 0 Å². The molecule has 438 valence electrons. The maximum absolute atomic E-state index is 15.6. The monoisotopic (exact) mass is 1150 g/mol. The summed E-state index contributed by atoms with van der Waals surface area (Å²) >= 11 is 0. The molecule has 8 aromatic rings. The first kappa shape index (κ1) is 57.6. The molecule has 5 aromatic carbocycles. The van der Waals surface area contributed by atoms with E-state index in [0.29, 0.717) is 106 Å². The van der Waals surface area contributed by atoms with Gasteiger partial charge >= 0.3 is 6.01 Å². The Morgan fingerprint density at radius 3 is 2.26 bits per heavy atom. The number of anilines is 1. The number of pyridine rings is 1. The second-order valence-electron chi connectivity index (χ2n) is 22.6. The van der Waals surface area contributed by atoms with Gasteiger partial charge in [-0.25, -0.2) is 22.2 Å². The van der Waals surface area contributed by atoms with Crippen LogP contribution in [0.5, 0.6) is 17.5 Å². The molecule has 4 fully saturated rings. The van der Waals surface area contributed by atoms with Crippen LogP contribution in [0.4, 0.5) is 23.4 Å². The molecule has 3 N–H and O–H groups in total. The number of piperazine rings is 1. The lowest BCUT2D eigenvalue weighted by Crippen LogP contribution is -2.51. The van der Waals surface area contributed by atoms with Crippen LogP contribution in [0.1, 0.15) is 102 Å². The third kappa shape index (κ3) is 12.1. The number of nitrogens with zero attached hydrogens (tertiary/aromatic N) is 8. The maximum atomic E-state index is 15.6. The minimum atomic E-state index is -0.954. The Balaban J connectivity index is 0.000000312. The second kappa shape index (κ2) is 24.9. The van der Waals surface area contributed by atoms with Gasteiger partial charge in [0.25, 0.3) is 0 Å². The summed E-state index contributed by atoms with van der Waals surface area (Å²) in [7, 11) is 0.